The van der Waals surface area contributed by atoms with Gasteiger partial charge in [0.05, 0.1) is 18.4 Å². The van der Waals surface area contributed by atoms with Gasteiger partial charge < -0.3 is 10.6 Å². The van der Waals surface area contributed by atoms with E-state index in [9.17, 15) is 4.79 Å². The summed E-state index contributed by atoms with van der Waals surface area (Å²) in [5.41, 5.74) is 0.319. The zero-order valence-electron chi connectivity index (χ0n) is 10.2. The summed E-state index contributed by atoms with van der Waals surface area (Å²) < 4.78 is 1.29. The summed E-state index contributed by atoms with van der Waals surface area (Å²) in [4.78, 5) is 11.8. The van der Waals surface area contributed by atoms with Crippen LogP contribution in [0.1, 0.15) is 6.42 Å². The largest absolute Gasteiger partial charge is 0.382 e. The van der Waals surface area contributed by atoms with Gasteiger partial charge in [0.1, 0.15) is 5.02 Å². The van der Waals surface area contributed by atoms with Gasteiger partial charge in [-0.05, 0) is 25.4 Å². The smallest absolute Gasteiger partial charge is 0.287 e. The van der Waals surface area contributed by atoms with E-state index in [1.54, 1.807) is 12.3 Å². The van der Waals surface area contributed by atoms with Gasteiger partial charge in [0.15, 0.2) is 0 Å². The first-order valence-electron chi connectivity index (χ1n) is 6.03. The van der Waals surface area contributed by atoms with E-state index in [0.717, 1.165) is 26.1 Å². The summed E-state index contributed by atoms with van der Waals surface area (Å²) in [6, 6.07) is 0. The normalized spacial score (nSPS) is 18.8. The third kappa shape index (κ3) is 2.91. The van der Waals surface area contributed by atoms with Crippen LogP contribution in [0.2, 0.25) is 5.02 Å². The highest BCUT2D eigenvalue weighted by Gasteiger charge is 2.15. The molecule has 1 unspecified atom stereocenters. The molecule has 2 heterocycles. The van der Waals surface area contributed by atoms with E-state index < -0.39 is 0 Å². The Morgan fingerprint density at radius 2 is 2.56 bits per heavy atom. The third-order valence-corrected chi connectivity index (χ3v) is 3.40. The Balaban J connectivity index is 2.06. The molecular weight excluding hydrogens is 252 g/mol. The minimum atomic E-state index is -0.286. The van der Waals surface area contributed by atoms with Gasteiger partial charge in [-0.25, -0.2) is 4.68 Å². The van der Waals surface area contributed by atoms with Gasteiger partial charge >= 0.3 is 0 Å². The fourth-order valence-corrected chi connectivity index (χ4v) is 2.20. The molecule has 1 saturated heterocycles. The number of rotatable bonds is 5. The van der Waals surface area contributed by atoms with Crippen molar-refractivity contribution in [3.8, 4) is 0 Å². The molecule has 1 aromatic rings. The Kier molecular flexibility index (Phi) is 4.38. The molecule has 1 aliphatic rings. The van der Waals surface area contributed by atoms with Crippen LogP contribution in [0.25, 0.3) is 0 Å². The molecule has 5 nitrogen and oxygen atoms in total. The lowest BCUT2D eigenvalue weighted by molar-refractivity contribution is 0.612. The third-order valence-electron chi connectivity index (χ3n) is 3.03. The summed E-state index contributed by atoms with van der Waals surface area (Å²) >= 11 is 6.03. The molecule has 0 aliphatic carbocycles. The lowest BCUT2D eigenvalue weighted by Gasteiger charge is -2.12. The first-order valence-corrected chi connectivity index (χ1v) is 6.41. The molecule has 0 amide bonds. The van der Waals surface area contributed by atoms with Gasteiger partial charge in [-0.1, -0.05) is 17.7 Å². The summed E-state index contributed by atoms with van der Waals surface area (Å²) in [5.74, 6) is 0.580. The van der Waals surface area contributed by atoms with Crippen molar-refractivity contribution in [2.24, 2.45) is 5.92 Å². The molecular formula is C12H17ClN4O. The SMILES string of the molecule is C=CCn1ncc(NCC2CCNC2)c(Cl)c1=O. The quantitative estimate of drug-likeness (QED) is 0.786. The van der Waals surface area contributed by atoms with Crippen LogP contribution in [-0.2, 0) is 6.54 Å². The molecule has 0 bridgehead atoms. The van der Waals surface area contributed by atoms with Gasteiger partial charge in [-0.3, -0.25) is 4.79 Å². The second-order valence-corrected chi connectivity index (χ2v) is 4.77. The topological polar surface area (TPSA) is 59.0 Å². The summed E-state index contributed by atoms with van der Waals surface area (Å²) in [5, 5.41) is 10.7. The lowest BCUT2D eigenvalue weighted by atomic mass is 10.1. The van der Waals surface area contributed by atoms with Crippen LogP contribution in [0.3, 0.4) is 0 Å². The maximum Gasteiger partial charge on any atom is 0.287 e. The molecule has 2 rings (SSSR count). The monoisotopic (exact) mass is 268 g/mol. The number of anilines is 1. The maximum absolute atomic E-state index is 11.8. The molecule has 18 heavy (non-hydrogen) atoms. The van der Waals surface area contributed by atoms with Crippen molar-refractivity contribution in [1.82, 2.24) is 15.1 Å². The van der Waals surface area contributed by atoms with E-state index in [-0.39, 0.29) is 10.6 Å². The Labute approximate surface area is 111 Å². The van der Waals surface area contributed by atoms with Gasteiger partial charge in [-0.2, -0.15) is 5.10 Å². The van der Waals surface area contributed by atoms with Crippen molar-refractivity contribution in [2.75, 3.05) is 25.0 Å². The van der Waals surface area contributed by atoms with Gasteiger partial charge in [0, 0.05) is 6.54 Å². The Morgan fingerprint density at radius 3 is 3.22 bits per heavy atom. The van der Waals surface area contributed by atoms with E-state index in [4.69, 9.17) is 11.6 Å². The Morgan fingerprint density at radius 1 is 1.72 bits per heavy atom. The van der Waals surface area contributed by atoms with Crippen LogP contribution in [0.15, 0.2) is 23.6 Å². The van der Waals surface area contributed by atoms with Gasteiger partial charge in [-0.15, -0.1) is 6.58 Å². The predicted octanol–water partition coefficient (Wildman–Crippen LogP) is 1.10. The summed E-state index contributed by atoms with van der Waals surface area (Å²) in [6.45, 7) is 6.80. The van der Waals surface area contributed by atoms with Crippen LogP contribution >= 0.6 is 11.6 Å². The standard InChI is InChI=1S/C12H17ClN4O/c1-2-5-17-12(18)11(13)10(8-16-17)15-7-9-3-4-14-6-9/h2,8-9,14-15H,1,3-7H2. The molecule has 0 saturated carbocycles. The van der Waals surface area contributed by atoms with E-state index in [0.29, 0.717) is 18.2 Å². The fourth-order valence-electron chi connectivity index (χ4n) is 1.98. The number of nitrogens with one attached hydrogen (secondary N) is 2. The number of allylic oxidation sites excluding steroid dienone is 1. The number of hydrogen-bond donors (Lipinski definition) is 2. The number of halogens is 1. The zero-order valence-corrected chi connectivity index (χ0v) is 10.9. The zero-order chi connectivity index (χ0) is 13.0. The van der Waals surface area contributed by atoms with E-state index in [1.165, 1.54) is 4.68 Å². The maximum atomic E-state index is 11.8. The Hall–Kier alpha value is -1.33. The molecule has 1 aromatic heterocycles. The molecule has 2 N–H and O–H groups in total. The molecule has 0 radical (unpaired) electrons. The predicted molar refractivity (Wildman–Crippen MR) is 73.2 cm³/mol. The average Bonchev–Trinajstić information content (AvgIpc) is 2.87. The van der Waals surface area contributed by atoms with Crippen molar-refractivity contribution < 1.29 is 0 Å². The highest BCUT2D eigenvalue weighted by Crippen LogP contribution is 2.17. The fraction of sp³-hybridized carbons (Fsp3) is 0.500. The summed E-state index contributed by atoms with van der Waals surface area (Å²) in [6.07, 6.45) is 4.35. The van der Waals surface area contributed by atoms with E-state index in [2.05, 4.69) is 22.3 Å². The van der Waals surface area contributed by atoms with E-state index >= 15 is 0 Å². The van der Waals surface area contributed by atoms with Crippen LogP contribution in [0, 0.1) is 5.92 Å². The second kappa shape index (κ2) is 6.02. The average molecular weight is 269 g/mol. The van der Waals surface area contributed by atoms with Crippen molar-refractivity contribution in [3.63, 3.8) is 0 Å². The Bertz CT molecular complexity index is 479. The van der Waals surface area contributed by atoms with E-state index in [1.807, 2.05) is 0 Å². The minimum Gasteiger partial charge on any atom is -0.382 e. The van der Waals surface area contributed by atoms with Crippen molar-refractivity contribution >= 4 is 17.3 Å². The molecule has 0 aromatic carbocycles. The minimum absolute atomic E-state index is 0.192. The van der Waals surface area contributed by atoms with Crippen molar-refractivity contribution in [3.05, 3.63) is 34.2 Å². The number of nitrogens with zero attached hydrogens (tertiary/aromatic N) is 2. The summed E-state index contributed by atoms with van der Waals surface area (Å²) in [7, 11) is 0. The first kappa shape index (κ1) is 13.1. The number of aromatic nitrogens is 2. The van der Waals surface area contributed by atoms with Crippen LogP contribution in [0.5, 0.6) is 0 Å². The first-order chi connectivity index (χ1) is 8.72. The molecule has 98 valence electrons. The van der Waals surface area contributed by atoms with Crippen molar-refractivity contribution in [2.45, 2.75) is 13.0 Å². The lowest BCUT2D eigenvalue weighted by Crippen LogP contribution is -2.25. The molecule has 6 heteroatoms. The van der Waals surface area contributed by atoms with Crippen molar-refractivity contribution in [1.29, 1.82) is 0 Å². The molecule has 0 spiro atoms. The number of hydrogen-bond acceptors (Lipinski definition) is 4. The highest BCUT2D eigenvalue weighted by atomic mass is 35.5. The van der Waals surface area contributed by atoms with Crippen LogP contribution in [-0.4, -0.2) is 29.4 Å². The molecule has 1 atom stereocenters. The second-order valence-electron chi connectivity index (χ2n) is 4.39. The highest BCUT2D eigenvalue weighted by molar-refractivity contribution is 6.32. The van der Waals surface area contributed by atoms with Crippen LogP contribution in [0.4, 0.5) is 5.69 Å². The van der Waals surface area contributed by atoms with Gasteiger partial charge in [0.2, 0.25) is 0 Å². The molecule has 1 fully saturated rings. The van der Waals surface area contributed by atoms with Gasteiger partial charge in [0.25, 0.3) is 5.56 Å². The molecule has 1 aliphatic heterocycles. The van der Waals surface area contributed by atoms with Crippen LogP contribution < -0.4 is 16.2 Å².